The van der Waals surface area contributed by atoms with Crippen LogP contribution in [-0.4, -0.2) is 19.2 Å². The second-order valence-corrected chi connectivity index (χ2v) is 5.41. The van der Waals surface area contributed by atoms with Crippen LogP contribution in [0.3, 0.4) is 0 Å². The highest BCUT2D eigenvalue weighted by Gasteiger charge is 2.19. The minimum Gasteiger partial charge on any atom is -0.444 e. The predicted molar refractivity (Wildman–Crippen MR) is 64.2 cm³/mol. The summed E-state index contributed by atoms with van der Waals surface area (Å²) in [5.74, 6) is 0.193. The number of nitrogens with zero attached hydrogens (tertiary/aromatic N) is 1. The summed E-state index contributed by atoms with van der Waals surface area (Å²) in [5.41, 5.74) is 0.472. The Labute approximate surface area is 99.5 Å². The van der Waals surface area contributed by atoms with Gasteiger partial charge in [0, 0.05) is 0 Å². The molecule has 1 aromatic heterocycles. The van der Waals surface area contributed by atoms with Gasteiger partial charge >= 0.3 is 0 Å². The van der Waals surface area contributed by atoms with Crippen LogP contribution < -0.4 is 0 Å². The molecule has 4 nitrogen and oxygen atoms in total. The van der Waals surface area contributed by atoms with Crippen molar-refractivity contribution in [1.82, 2.24) is 4.98 Å². The van der Waals surface area contributed by atoms with Crippen LogP contribution in [0, 0.1) is 0 Å². The fourth-order valence-electron chi connectivity index (χ4n) is 1.52. The van der Waals surface area contributed by atoms with E-state index in [0.717, 1.165) is 0 Å². The largest absolute Gasteiger partial charge is 0.444 e. The molecule has 88 valence electrons. The van der Waals surface area contributed by atoms with Crippen LogP contribution >= 0.6 is 0 Å². The summed E-state index contributed by atoms with van der Waals surface area (Å²) in [6.07, 6.45) is 4.25. The van der Waals surface area contributed by atoms with Gasteiger partial charge in [0.15, 0.2) is 9.84 Å². The third kappa shape index (κ3) is 2.29. The molecule has 0 N–H and O–H groups in total. The quantitative estimate of drug-likeness (QED) is 0.780. The minimum absolute atomic E-state index is 0.106. The Kier molecular flexibility index (Phi) is 3.10. The van der Waals surface area contributed by atoms with Gasteiger partial charge in [-0.3, -0.25) is 0 Å². The average Bonchev–Trinajstić information content (AvgIpc) is 2.82. The first-order chi connectivity index (χ1) is 8.15. The number of sulfone groups is 1. The van der Waals surface area contributed by atoms with Crippen molar-refractivity contribution in [3.63, 3.8) is 0 Å². The maximum absolute atomic E-state index is 12.0. The molecule has 0 fully saturated rings. The highest BCUT2D eigenvalue weighted by atomic mass is 32.2. The van der Waals surface area contributed by atoms with Gasteiger partial charge in [0.25, 0.3) is 0 Å². The molecule has 2 rings (SSSR count). The molecule has 0 spiro atoms. The van der Waals surface area contributed by atoms with Gasteiger partial charge in [-0.15, -0.1) is 6.58 Å². The van der Waals surface area contributed by atoms with Crippen molar-refractivity contribution in [2.24, 2.45) is 0 Å². The number of benzene rings is 1. The molecule has 17 heavy (non-hydrogen) atoms. The molecule has 0 saturated carbocycles. The summed E-state index contributed by atoms with van der Waals surface area (Å²) < 4.78 is 29.1. The predicted octanol–water partition coefficient (Wildman–Crippen LogP) is 2.30. The molecule has 0 atom stereocenters. The fraction of sp³-hybridized carbons (Fsp3) is 0.0833. The Balaban J connectivity index is 2.60. The highest BCUT2D eigenvalue weighted by molar-refractivity contribution is 7.91. The second-order valence-electron chi connectivity index (χ2n) is 3.40. The third-order valence-electron chi connectivity index (χ3n) is 2.22. The molecule has 1 heterocycles. The van der Waals surface area contributed by atoms with E-state index in [1.54, 1.807) is 24.3 Å². The SMILES string of the molecule is C=CCS(=O)(=O)c1ccccc1-c1ncco1. The minimum atomic E-state index is -3.39. The molecule has 0 unspecified atom stereocenters. The molecule has 0 amide bonds. The Morgan fingerprint density at radius 3 is 2.76 bits per heavy atom. The van der Waals surface area contributed by atoms with E-state index < -0.39 is 9.84 Å². The van der Waals surface area contributed by atoms with Gasteiger partial charge in [0.1, 0.15) is 6.26 Å². The van der Waals surface area contributed by atoms with Gasteiger partial charge in [-0.1, -0.05) is 18.2 Å². The van der Waals surface area contributed by atoms with E-state index in [-0.39, 0.29) is 10.6 Å². The van der Waals surface area contributed by atoms with Crippen LogP contribution in [0.15, 0.2) is 58.7 Å². The molecular formula is C12H11NO3S. The summed E-state index contributed by atoms with van der Waals surface area (Å²) >= 11 is 0. The summed E-state index contributed by atoms with van der Waals surface area (Å²) in [6, 6.07) is 6.62. The zero-order chi connectivity index (χ0) is 12.3. The van der Waals surface area contributed by atoms with E-state index in [1.807, 2.05) is 0 Å². The molecule has 0 aliphatic carbocycles. The third-order valence-corrected chi connectivity index (χ3v) is 3.92. The Hall–Kier alpha value is -1.88. The van der Waals surface area contributed by atoms with Crippen molar-refractivity contribution in [2.75, 3.05) is 5.75 Å². The first-order valence-corrected chi connectivity index (χ1v) is 6.63. The first kappa shape index (κ1) is 11.6. The number of oxazole rings is 1. The van der Waals surface area contributed by atoms with Crippen LogP contribution in [0.5, 0.6) is 0 Å². The summed E-state index contributed by atoms with van der Waals surface area (Å²) in [6.45, 7) is 3.45. The van der Waals surface area contributed by atoms with Gasteiger partial charge in [-0.2, -0.15) is 0 Å². The standard InChI is InChI=1S/C12H11NO3S/c1-2-9-17(14,15)11-6-4-3-5-10(11)12-13-7-8-16-12/h2-8H,1,9H2. The number of rotatable bonds is 4. The van der Waals surface area contributed by atoms with Crippen molar-refractivity contribution in [3.8, 4) is 11.5 Å². The van der Waals surface area contributed by atoms with Crippen molar-refractivity contribution in [3.05, 3.63) is 49.4 Å². The maximum Gasteiger partial charge on any atom is 0.227 e. The molecule has 1 aromatic carbocycles. The lowest BCUT2D eigenvalue weighted by Crippen LogP contribution is -2.06. The van der Waals surface area contributed by atoms with E-state index in [1.165, 1.54) is 18.5 Å². The van der Waals surface area contributed by atoms with E-state index in [9.17, 15) is 8.42 Å². The van der Waals surface area contributed by atoms with Gasteiger partial charge in [0.2, 0.25) is 5.89 Å². The van der Waals surface area contributed by atoms with Crippen LogP contribution in [0.1, 0.15) is 0 Å². The van der Waals surface area contributed by atoms with E-state index in [2.05, 4.69) is 11.6 Å². The van der Waals surface area contributed by atoms with Crippen LogP contribution in [-0.2, 0) is 9.84 Å². The molecule has 0 bridgehead atoms. The van der Waals surface area contributed by atoms with Crippen molar-refractivity contribution < 1.29 is 12.8 Å². The second kappa shape index (κ2) is 4.55. The number of aromatic nitrogens is 1. The maximum atomic E-state index is 12.0. The zero-order valence-electron chi connectivity index (χ0n) is 9.04. The lowest BCUT2D eigenvalue weighted by molar-refractivity contribution is 0.570. The Morgan fingerprint density at radius 1 is 1.35 bits per heavy atom. The number of hydrogen-bond donors (Lipinski definition) is 0. The molecule has 0 saturated heterocycles. The number of hydrogen-bond acceptors (Lipinski definition) is 4. The van der Waals surface area contributed by atoms with E-state index >= 15 is 0 Å². The average molecular weight is 249 g/mol. The molecule has 2 aromatic rings. The first-order valence-electron chi connectivity index (χ1n) is 4.97. The molecular weight excluding hydrogens is 238 g/mol. The topological polar surface area (TPSA) is 60.2 Å². The monoisotopic (exact) mass is 249 g/mol. The van der Waals surface area contributed by atoms with Gasteiger partial charge < -0.3 is 4.42 Å². The highest BCUT2D eigenvalue weighted by Crippen LogP contribution is 2.26. The zero-order valence-corrected chi connectivity index (χ0v) is 9.85. The Bertz CT molecular complexity index is 615. The van der Waals surface area contributed by atoms with Crippen molar-refractivity contribution in [1.29, 1.82) is 0 Å². The Morgan fingerprint density at radius 2 is 2.12 bits per heavy atom. The normalized spacial score (nSPS) is 11.3. The van der Waals surface area contributed by atoms with Gasteiger partial charge in [-0.05, 0) is 12.1 Å². The van der Waals surface area contributed by atoms with Crippen LogP contribution in [0.4, 0.5) is 0 Å². The van der Waals surface area contributed by atoms with E-state index in [0.29, 0.717) is 11.5 Å². The van der Waals surface area contributed by atoms with Gasteiger partial charge in [-0.25, -0.2) is 13.4 Å². The molecule has 5 heteroatoms. The smallest absolute Gasteiger partial charge is 0.227 e. The summed E-state index contributed by atoms with van der Waals surface area (Å²) in [4.78, 5) is 4.17. The van der Waals surface area contributed by atoms with Crippen molar-refractivity contribution >= 4 is 9.84 Å². The van der Waals surface area contributed by atoms with Crippen molar-refractivity contribution in [2.45, 2.75) is 4.90 Å². The van der Waals surface area contributed by atoms with Gasteiger partial charge in [0.05, 0.1) is 22.4 Å². The van der Waals surface area contributed by atoms with E-state index in [4.69, 9.17) is 4.42 Å². The molecule has 0 radical (unpaired) electrons. The van der Waals surface area contributed by atoms with Crippen LogP contribution in [0.2, 0.25) is 0 Å². The molecule has 0 aliphatic heterocycles. The lowest BCUT2D eigenvalue weighted by Gasteiger charge is -2.05. The summed E-state index contributed by atoms with van der Waals surface area (Å²) in [5, 5.41) is 0. The lowest BCUT2D eigenvalue weighted by atomic mass is 10.2. The fourth-order valence-corrected chi connectivity index (χ4v) is 2.78. The summed E-state index contributed by atoms with van der Waals surface area (Å²) in [7, 11) is -3.39. The molecule has 0 aliphatic rings. The van der Waals surface area contributed by atoms with Crippen LogP contribution in [0.25, 0.3) is 11.5 Å².